The van der Waals surface area contributed by atoms with Crippen LogP contribution >= 0.6 is 45.3 Å². The van der Waals surface area contributed by atoms with Gasteiger partial charge in [0.25, 0.3) is 0 Å². The van der Waals surface area contributed by atoms with Crippen molar-refractivity contribution in [3.63, 3.8) is 0 Å². The lowest BCUT2D eigenvalue weighted by atomic mass is 9.86. The maximum atomic E-state index is 2.58. The van der Waals surface area contributed by atoms with E-state index < -0.39 is 0 Å². The van der Waals surface area contributed by atoms with Crippen molar-refractivity contribution in [1.82, 2.24) is 4.57 Å². The Labute approximate surface area is 505 Å². The predicted molar refractivity (Wildman–Crippen MR) is 372 cm³/mol. The maximum Gasteiger partial charge on any atom is 0.0550 e. The first-order valence-corrected chi connectivity index (χ1v) is 32.5. The highest BCUT2D eigenvalue weighted by atomic mass is 32.1. The molecule has 0 unspecified atom stereocenters. The van der Waals surface area contributed by atoms with Crippen LogP contribution in [0.2, 0.25) is 0 Å². The number of hydrogen-bond acceptors (Lipinski definition) is 4. The van der Waals surface area contributed by atoms with Crippen LogP contribution < -0.4 is 0 Å². The van der Waals surface area contributed by atoms with Gasteiger partial charge in [-0.15, -0.1) is 45.3 Å². The van der Waals surface area contributed by atoms with Gasteiger partial charge in [0.1, 0.15) is 0 Å². The minimum absolute atomic E-state index is 0.955. The lowest BCUT2D eigenvalue weighted by Gasteiger charge is -2.18. The van der Waals surface area contributed by atoms with E-state index in [4.69, 9.17) is 0 Å². The summed E-state index contributed by atoms with van der Waals surface area (Å²) in [4.78, 5) is 0. The van der Waals surface area contributed by atoms with Gasteiger partial charge in [0.05, 0.1) is 11.0 Å². The van der Waals surface area contributed by atoms with E-state index in [1.165, 1.54) is 186 Å². The molecule has 5 heterocycles. The van der Waals surface area contributed by atoms with E-state index in [9.17, 15) is 0 Å². The van der Waals surface area contributed by atoms with E-state index in [-0.39, 0.29) is 0 Å². The molecule has 5 aromatic heterocycles. The van der Waals surface area contributed by atoms with Crippen LogP contribution in [-0.4, -0.2) is 4.57 Å². The Kier molecular flexibility index (Phi) is 10.5. The number of fused-ring (bicyclic) bond motifs is 12. The van der Waals surface area contributed by atoms with Gasteiger partial charge in [-0.2, -0.15) is 0 Å². The average Bonchev–Trinajstić information content (AvgIpc) is 3.12. The second-order valence-electron chi connectivity index (χ2n) is 22.9. The summed E-state index contributed by atoms with van der Waals surface area (Å²) in [5.41, 5.74) is 21.5. The molecule has 0 amide bonds. The molecular formula is C80H47NS4. The average molecular weight is 1150 g/mol. The highest BCUT2D eigenvalue weighted by Gasteiger charge is 2.26. The van der Waals surface area contributed by atoms with Gasteiger partial charge >= 0.3 is 0 Å². The molecule has 1 aliphatic carbocycles. The number of nitrogens with zero attached hydrogens (tertiary/aromatic N) is 1. The third-order valence-corrected chi connectivity index (χ3v) is 23.1. The predicted octanol–water partition coefficient (Wildman–Crippen LogP) is 24.4. The summed E-state index contributed by atoms with van der Waals surface area (Å²) in [6.45, 7) is 0. The zero-order chi connectivity index (χ0) is 55.4. The Morgan fingerprint density at radius 2 is 0.518 bits per heavy atom. The highest BCUT2D eigenvalue weighted by Crippen LogP contribution is 2.50. The molecule has 1 aliphatic rings. The van der Waals surface area contributed by atoms with Gasteiger partial charge in [0, 0.05) is 97.1 Å². The Morgan fingerprint density at radius 1 is 0.235 bits per heavy atom. The first-order valence-electron chi connectivity index (χ1n) is 29.2. The Bertz CT molecular complexity index is 5260. The minimum Gasteiger partial charge on any atom is -0.309 e. The molecule has 19 rings (SSSR count). The topological polar surface area (TPSA) is 4.93 Å². The molecule has 0 spiro atoms. The van der Waals surface area contributed by atoms with Crippen molar-refractivity contribution in [2.24, 2.45) is 0 Å². The van der Waals surface area contributed by atoms with E-state index in [1.807, 2.05) is 45.3 Å². The number of aromatic nitrogens is 1. The molecule has 0 radical (unpaired) electrons. The van der Waals surface area contributed by atoms with Gasteiger partial charge in [0.15, 0.2) is 0 Å². The number of aryl methyl sites for hydroxylation is 2. The molecule has 0 saturated carbocycles. The second kappa shape index (κ2) is 18.5. The molecule has 0 saturated heterocycles. The Hall–Kier alpha value is -9.46. The normalized spacial score (nSPS) is 12.6. The summed E-state index contributed by atoms with van der Waals surface area (Å²) >= 11 is 7.63. The van der Waals surface area contributed by atoms with Crippen molar-refractivity contribution in [2.45, 2.75) is 12.8 Å². The summed E-state index contributed by atoms with van der Waals surface area (Å²) in [5.74, 6) is 0. The molecular weight excluding hydrogens is 1100 g/mol. The molecule has 0 aliphatic heterocycles. The quantitative estimate of drug-likeness (QED) is 0.150. The van der Waals surface area contributed by atoms with Crippen molar-refractivity contribution in [2.75, 3.05) is 0 Å². The van der Waals surface area contributed by atoms with Gasteiger partial charge in [-0.3, -0.25) is 0 Å². The Morgan fingerprint density at radius 3 is 0.859 bits per heavy atom. The van der Waals surface area contributed by atoms with Crippen LogP contribution in [0.5, 0.6) is 0 Å². The van der Waals surface area contributed by atoms with Gasteiger partial charge < -0.3 is 4.57 Å². The van der Waals surface area contributed by atoms with Crippen LogP contribution in [0.1, 0.15) is 11.1 Å². The van der Waals surface area contributed by atoms with E-state index in [0.29, 0.717) is 0 Å². The Balaban J connectivity index is 0.849. The SMILES string of the molecule is c1ccc(-n2c3cc(-c4cc(-c5cccc6c5sc5ccccc56)cc(-c5cccc6c5sc5ccccc56)c4)cc4c3c3c(cc(-c5cc(-c6cccc7c6sc6ccccc67)cc(-c6cccc7c6sc6ccccc67)c5)cc32)CC4)cc1. The lowest BCUT2D eigenvalue weighted by molar-refractivity contribution is 0.970. The number of para-hydroxylation sites is 1. The molecule has 18 aromatic rings. The molecule has 0 fully saturated rings. The van der Waals surface area contributed by atoms with E-state index in [1.54, 1.807) is 0 Å². The van der Waals surface area contributed by atoms with Crippen LogP contribution in [0.3, 0.4) is 0 Å². The minimum atomic E-state index is 0.955. The van der Waals surface area contributed by atoms with Crippen molar-refractivity contribution in [1.29, 1.82) is 0 Å². The fourth-order valence-electron chi connectivity index (χ4n) is 14.4. The summed E-state index contributed by atoms with van der Waals surface area (Å²) in [5, 5.41) is 13.3. The van der Waals surface area contributed by atoms with Crippen molar-refractivity contribution in [3.05, 3.63) is 272 Å². The van der Waals surface area contributed by atoms with Crippen molar-refractivity contribution < 1.29 is 0 Å². The standard InChI is InChI=1S/C80H47NS4/c1-2-16-56(17-3-1)81-69-44-50(48-38-52(57-22-12-26-65-61-18-4-8-30-71(61)82-77(57)65)42-53(39-48)58-23-13-27-66-62-19-5-9-31-72(62)83-78(58)66)36-46-34-35-47-37-51(45-70(81)76(47)75(46)69)49-40-54(59-24-14-28-67-63-20-6-10-32-73(63)84-79(59)67)43-55(41-49)60-25-15-29-68-64-21-7-11-33-74(64)85-80(60)68/h1-33,36-45H,34-35H2. The molecule has 0 bridgehead atoms. The van der Waals surface area contributed by atoms with E-state index in [2.05, 4.69) is 265 Å². The van der Waals surface area contributed by atoms with Crippen LogP contribution in [0.4, 0.5) is 0 Å². The number of rotatable bonds is 7. The van der Waals surface area contributed by atoms with Gasteiger partial charge in [0.2, 0.25) is 0 Å². The molecule has 0 atom stereocenters. The van der Waals surface area contributed by atoms with Crippen LogP contribution in [0.25, 0.3) is 175 Å². The largest absolute Gasteiger partial charge is 0.309 e. The fourth-order valence-corrected chi connectivity index (χ4v) is 19.3. The van der Waals surface area contributed by atoms with Crippen LogP contribution in [0, 0.1) is 0 Å². The molecule has 0 N–H and O–H groups in total. The van der Waals surface area contributed by atoms with E-state index in [0.717, 1.165) is 12.8 Å². The molecule has 85 heavy (non-hydrogen) atoms. The first-order chi connectivity index (χ1) is 42.1. The molecule has 1 nitrogen and oxygen atoms in total. The maximum absolute atomic E-state index is 2.58. The van der Waals surface area contributed by atoms with E-state index >= 15 is 0 Å². The summed E-state index contributed by atoms with van der Waals surface area (Å²) in [7, 11) is 0. The molecule has 13 aromatic carbocycles. The van der Waals surface area contributed by atoms with Gasteiger partial charge in [-0.05, 0) is 176 Å². The van der Waals surface area contributed by atoms with Crippen molar-refractivity contribution in [3.8, 4) is 72.4 Å². The van der Waals surface area contributed by atoms with Gasteiger partial charge in [-0.1, -0.05) is 176 Å². The smallest absolute Gasteiger partial charge is 0.0550 e. The molecule has 5 heteroatoms. The fraction of sp³-hybridized carbons (Fsp3) is 0.0250. The summed E-state index contributed by atoms with van der Waals surface area (Å²) < 4.78 is 13.2. The zero-order valence-electron chi connectivity index (χ0n) is 45.8. The van der Waals surface area contributed by atoms with Crippen molar-refractivity contribution >= 4 is 148 Å². The zero-order valence-corrected chi connectivity index (χ0v) is 49.1. The van der Waals surface area contributed by atoms with Crippen LogP contribution in [0.15, 0.2) is 261 Å². The monoisotopic (exact) mass is 1150 g/mol. The summed E-state index contributed by atoms with van der Waals surface area (Å²) in [6, 6.07) is 99.2. The number of thiophene rings is 4. The lowest BCUT2D eigenvalue weighted by Crippen LogP contribution is -2.00. The third kappa shape index (κ3) is 7.32. The number of hydrogen-bond donors (Lipinski definition) is 0. The van der Waals surface area contributed by atoms with Crippen LogP contribution in [-0.2, 0) is 12.8 Å². The number of benzene rings is 13. The second-order valence-corrected chi connectivity index (χ2v) is 27.2. The highest BCUT2D eigenvalue weighted by molar-refractivity contribution is 7.27. The third-order valence-electron chi connectivity index (χ3n) is 18.2. The van der Waals surface area contributed by atoms with Gasteiger partial charge in [-0.25, -0.2) is 0 Å². The first kappa shape index (κ1) is 48.0. The molecule has 396 valence electrons. The summed E-state index contributed by atoms with van der Waals surface area (Å²) in [6.07, 6.45) is 1.91.